The van der Waals surface area contributed by atoms with Crippen LogP contribution >= 0.6 is 0 Å². The molecule has 4 rings (SSSR count). The summed E-state index contributed by atoms with van der Waals surface area (Å²) in [5.41, 5.74) is 3.05. The molecule has 0 spiro atoms. The Kier molecular flexibility index (Phi) is 6.87. The van der Waals surface area contributed by atoms with Crippen LogP contribution in [0.3, 0.4) is 0 Å². The van der Waals surface area contributed by atoms with Gasteiger partial charge in [0.25, 0.3) is 0 Å². The molecule has 1 N–H and O–H groups in total. The van der Waals surface area contributed by atoms with Gasteiger partial charge in [0, 0.05) is 43.7 Å². The zero-order valence-corrected chi connectivity index (χ0v) is 19.0. The molecule has 180 valence electrons. The quantitative estimate of drug-likeness (QED) is 0.580. The number of aryl methyl sites for hydroxylation is 2. The van der Waals surface area contributed by atoms with Gasteiger partial charge in [-0.3, -0.25) is 4.79 Å². The van der Waals surface area contributed by atoms with Crippen LogP contribution in [0.4, 0.5) is 24.8 Å². The van der Waals surface area contributed by atoms with Crippen molar-refractivity contribution in [1.82, 2.24) is 14.9 Å². The molecule has 1 amide bonds. The van der Waals surface area contributed by atoms with Crippen LogP contribution in [0.25, 0.3) is 10.9 Å². The standard InChI is InChI=1S/C24H26F3N5O2/c1-16-20-15-18(6-9-21(20)30-23(28-16)32-13-11-31(2)12-14-32)29-22(33)10-5-17-3-7-19(8-4-17)34-24(25,26)27/h3-4,6-9,15H,5,10-14H2,1-2H3,(H,29,33). The summed E-state index contributed by atoms with van der Waals surface area (Å²) < 4.78 is 40.6. The van der Waals surface area contributed by atoms with Gasteiger partial charge in [-0.15, -0.1) is 13.2 Å². The van der Waals surface area contributed by atoms with E-state index in [0.717, 1.165) is 54.3 Å². The Hall–Kier alpha value is -3.40. The second-order valence-electron chi connectivity index (χ2n) is 8.37. The number of likely N-dealkylation sites (N-methyl/N-ethyl adjacent to an activating group) is 1. The summed E-state index contributed by atoms with van der Waals surface area (Å²) in [5.74, 6) is 0.245. The molecule has 0 radical (unpaired) electrons. The van der Waals surface area contributed by atoms with E-state index >= 15 is 0 Å². The maximum Gasteiger partial charge on any atom is 0.573 e. The van der Waals surface area contributed by atoms with E-state index in [9.17, 15) is 18.0 Å². The van der Waals surface area contributed by atoms with Gasteiger partial charge in [0.05, 0.1) is 11.2 Å². The Bertz CT molecular complexity index is 1160. The maximum atomic E-state index is 12.4. The smallest absolute Gasteiger partial charge is 0.406 e. The number of rotatable bonds is 6. The molecule has 0 saturated carbocycles. The van der Waals surface area contributed by atoms with Crippen molar-refractivity contribution in [1.29, 1.82) is 0 Å². The first-order valence-corrected chi connectivity index (χ1v) is 11.0. The minimum absolute atomic E-state index is 0.190. The molecule has 1 aromatic heterocycles. The first-order valence-electron chi connectivity index (χ1n) is 11.0. The van der Waals surface area contributed by atoms with Crippen molar-refractivity contribution in [2.45, 2.75) is 26.1 Å². The normalized spacial score (nSPS) is 14.9. The number of anilines is 2. The summed E-state index contributed by atoms with van der Waals surface area (Å²) in [6, 6.07) is 11.1. The Balaban J connectivity index is 1.36. The highest BCUT2D eigenvalue weighted by Crippen LogP contribution is 2.25. The number of nitrogens with zero attached hydrogens (tertiary/aromatic N) is 4. The highest BCUT2D eigenvalue weighted by molar-refractivity contribution is 5.94. The zero-order chi connectivity index (χ0) is 24.3. The molecule has 0 bridgehead atoms. The fraction of sp³-hybridized carbons (Fsp3) is 0.375. The van der Waals surface area contributed by atoms with Gasteiger partial charge in [0.2, 0.25) is 11.9 Å². The van der Waals surface area contributed by atoms with E-state index in [1.54, 1.807) is 0 Å². The Labute approximate surface area is 195 Å². The van der Waals surface area contributed by atoms with Crippen LogP contribution in [0.1, 0.15) is 17.7 Å². The molecule has 0 unspecified atom stereocenters. The lowest BCUT2D eigenvalue weighted by atomic mass is 10.1. The van der Waals surface area contributed by atoms with Gasteiger partial charge in [0.15, 0.2) is 0 Å². The van der Waals surface area contributed by atoms with Crippen LogP contribution in [0.15, 0.2) is 42.5 Å². The predicted octanol–water partition coefficient (Wildman–Crippen LogP) is 4.16. The van der Waals surface area contributed by atoms with Crippen molar-refractivity contribution in [3.8, 4) is 5.75 Å². The molecule has 1 saturated heterocycles. The molecule has 34 heavy (non-hydrogen) atoms. The minimum Gasteiger partial charge on any atom is -0.406 e. The number of alkyl halides is 3. The second-order valence-corrected chi connectivity index (χ2v) is 8.37. The number of nitrogens with one attached hydrogen (secondary N) is 1. The van der Waals surface area contributed by atoms with E-state index in [1.165, 1.54) is 24.3 Å². The lowest BCUT2D eigenvalue weighted by molar-refractivity contribution is -0.274. The summed E-state index contributed by atoms with van der Waals surface area (Å²) >= 11 is 0. The van der Waals surface area contributed by atoms with Crippen molar-refractivity contribution in [2.24, 2.45) is 0 Å². The first kappa shape index (κ1) is 23.7. The van der Waals surface area contributed by atoms with Crippen LogP contribution in [0, 0.1) is 6.92 Å². The van der Waals surface area contributed by atoms with Gasteiger partial charge in [0.1, 0.15) is 5.75 Å². The van der Waals surface area contributed by atoms with E-state index in [-0.39, 0.29) is 18.1 Å². The van der Waals surface area contributed by atoms with Crippen molar-refractivity contribution in [3.63, 3.8) is 0 Å². The summed E-state index contributed by atoms with van der Waals surface area (Å²) in [7, 11) is 2.10. The zero-order valence-electron chi connectivity index (χ0n) is 19.0. The fourth-order valence-electron chi connectivity index (χ4n) is 3.83. The Morgan fingerprint density at radius 2 is 1.76 bits per heavy atom. The number of hydrogen-bond acceptors (Lipinski definition) is 6. The number of amides is 1. The summed E-state index contributed by atoms with van der Waals surface area (Å²) in [5, 5.41) is 3.74. The summed E-state index contributed by atoms with van der Waals surface area (Å²) in [6.07, 6.45) is -4.14. The second kappa shape index (κ2) is 9.84. The number of hydrogen-bond donors (Lipinski definition) is 1. The Morgan fingerprint density at radius 1 is 1.06 bits per heavy atom. The van der Waals surface area contributed by atoms with Crippen molar-refractivity contribution in [2.75, 3.05) is 43.4 Å². The molecular weight excluding hydrogens is 447 g/mol. The third kappa shape index (κ3) is 6.13. The molecule has 2 heterocycles. The topological polar surface area (TPSA) is 70.6 Å². The largest absolute Gasteiger partial charge is 0.573 e. The van der Waals surface area contributed by atoms with Gasteiger partial charge < -0.3 is 19.9 Å². The molecule has 10 heteroatoms. The minimum atomic E-state index is -4.73. The first-order chi connectivity index (χ1) is 16.2. The highest BCUT2D eigenvalue weighted by atomic mass is 19.4. The number of carbonyl (C=O) groups is 1. The van der Waals surface area contributed by atoms with E-state index in [2.05, 4.69) is 31.9 Å². The van der Waals surface area contributed by atoms with Crippen LogP contribution in [-0.2, 0) is 11.2 Å². The molecule has 1 fully saturated rings. The van der Waals surface area contributed by atoms with Crippen LogP contribution in [-0.4, -0.2) is 60.4 Å². The van der Waals surface area contributed by atoms with Gasteiger partial charge in [-0.2, -0.15) is 0 Å². The van der Waals surface area contributed by atoms with Gasteiger partial charge in [-0.1, -0.05) is 12.1 Å². The van der Waals surface area contributed by atoms with Crippen LogP contribution < -0.4 is 15.0 Å². The van der Waals surface area contributed by atoms with E-state index in [1.807, 2.05) is 25.1 Å². The van der Waals surface area contributed by atoms with Gasteiger partial charge in [-0.25, -0.2) is 9.97 Å². The van der Waals surface area contributed by atoms with Gasteiger partial charge >= 0.3 is 6.36 Å². The maximum absolute atomic E-state index is 12.4. The molecular formula is C24H26F3N5O2. The summed E-state index contributed by atoms with van der Waals surface area (Å²) in [6.45, 7) is 5.64. The molecule has 1 aliphatic heterocycles. The number of aromatic nitrogens is 2. The highest BCUT2D eigenvalue weighted by Gasteiger charge is 2.30. The molecule has 3 aromatic rings. The van der Waals surface area contributed by atoms with Crippen molar-refractivity contribution >= 4 is 28.4 Å². The SMILES string of the molecule is Cc1nc(N2CCN(C)CC2)nc2ccc(NC(=O)CCc3ccc(OC(F)(F)F)cc3)cc12. The monoisotopic (exact) mass is 473 g/mol. The number of carbonyl (C=O) groups excluding carboxylic acids is 1. The average molecular weight is 473 g/mol. The summed E-state index contributed by atoms with van der Waals surface area (Å²) in [4.78, 5) is 26.3. The van der Waals surface area contributed by atoms with Crippen molar-refractivity contribution < 1.29 is 22.7 Å². The number of ether oxygens (including phenoxy) is 1. The molecule has 2 aromatic carbocycles. The average Bonchev–Trinajstić information content (AvgIpc) is 2.78. The number of benzene rings is 2. The van der Waals surface area contributed by atoms with Crippen LogP contribution in [0.2, 0.25) is 0 Å². The molecule has 0 aliphatic carbocycles. The number of fused-ring (bicyclic) bond motifs is 1. The number of piperazine rings is 1. The molecule has 7 nitrogen and oxygen atoms in total. The van der Waals surface area contributed by atoms with Crippen molar-refractivity contribution in [3.05, 3.63) is 53.7 Å². The molecule has 0 atom stereocenters. The van der Waals surface area contributed by atoms with Gasteiger partial charge in [-0.05, 0) is 56.3 Å². The van der Waals surface area contributed by atoms with E-state index < -0.39 is 6.36 Å². The lowest BCUT2D eigenvalue weighted by Gasteiger charge is -2.32. The number of halogens is 3. The fourth-order valence-corrected chi connectivity index (χ4v) is 3.83. The molecule has 1 aliphatic rings. The van der Waals surface area contributed by atoms with E-state index in [0.29, 0.717) is 12.1 Å². The lowest BCUT2D eigenvalue weighted by Crippen LogP contribution is -2.45. The van der Waals surface area contributed by atoms with Crippen LogP contribution in [0.5, 0.6) is 5.75 Å². The Morgan fingerprint density at radius 3 is 2.44 bits per heavy atom. The third-order valence-electron chi connectivity index (χ3n) is 5.74. The predicted molar refractivity (Wildman–Crippen MR) is 124 cm³/mol. The van der Waals surface area contributed by atoms with E-state index in [4.69, 9.17) is 4.98 Å². The third-order valence-corrected chi connectivity index (χ3v) is 5.74.